The number of anilines is 1. The van der Waals surface area contributed by atoms with Crippen LogP contribution in [-0.4, -0.2) is 68.8 Å². The molecule has 28 heavy (non-hydrogen) atoms. The molecule has 1 aliphatic heterocycles. The molecule has 7 nitrogen and oxygen atoms in total. The molecule has 148 valence electrons. The summed E-state index contributed by atoms with van der Waals surface area (Å²) in [6.07, 6.45) is 1.38. The van der Waals surface area contributed by atoms with Gasteiger partial charge in [-0.05, 0) is 12.1 Å². The number of aromatic nitrogens is 1. The minimum atomic E-state index is -0.475. The van der Waals surface area contributed by atoms with Gasteiger partial charge in [0.15, 0.2) is 0 Å². The first-order valence-electron chi connectivity index (χ1n) is 8.95. The average molecular weight is 406 g/mol. The molecule has 1 fully saturated rings. The Labute approximate surface area is 167 Å². The van der Waals surface area contributed by atoms with E-state index in [9.17, 15) is 14.4 Å². The van der Waals surface area contributed by atoms with Crippen molar-refractivity contribution in [1.29, 1.82) is 5.26 Å². The first-order valence-corrected chi connectivity index (χ1v) is 9.32. The van der Waals surface area contributed by atoms with Crippen molar-refractivity contribution in [1.82, 2.24) is 15.2 Å². The quantitative estimate of drug-likeness (QED) is 0.738. The van der Waals surface area contributed by atoms with Crippen molar-refractivity contribution >= 4 is 34.1 Å². The Hall–Kier alpha value is -2.47. The second kappa shape index (κ2) is 9.15. The van der Waals surface area contributed by atoms with Crippen molar-refractivity contribution in [2.24, 2.45) is 0 Å². The number of hydrogen-bond donors (Lipinski definition) is 1. The summed E-state index contributed by atoms with van der Waals surface area (Å²) in [5.74, 6) is -0.529. The molecule has 1 N–H and O–H groups in total. The Morgan fingerprint density at radius 3 is 2.82 bits per heavy atom. The largest absolute Gasteiger partial charge is 0.383 e. The van der Waals surface area contributed by atoms with Gasteiger partial charge in [0, 0.05) is 51.4 Å². The molecule has 0 spiro atoms. The third kappa shape index (κ3) is 4.33. The van der Waals surface area contributed by atoms with Gasteiger partial charge in [-0.2, -0.15) is 5.26 Å². The van der Waals surface area contributed by atoms with E-state index in [1.807, 2.05) is 9.80 Å². The molecule has 1 aliphatic rings. The summed E-state index contributed by atoms with van der Waals surface area (Å²) >= 11 is 6.32. The number of halogens is 2. The van der Waals surface area contributed by atoms with E-state index in [4.69, 9.17) is 16.3 Å². The molecule has 9 heteroatoms. The standard InChI is InChI=1S/C19H21ClFN5O2/c1-28-9-4-23-16(27)12-25-5-7-26(8-6-25)19-13(10-22)11-24-18-15(21)3-2-14(20)17(18)19/h2-3,11H,4-9,12H2,1H3,(H,23,27). The SMILES string of the molecule is COCCNC(=O)CN1CCN(c2c(C#N)cnc3c(F)ccc(Cl)c23)CC1. The Morgan fingerprint density at radius 2 is 2.14 bits per heavy atom. The van der Waals surface area contributed by atoms with Crippen LogP contribution in [0.2, 0.25) is 5.02 Å². The number of nitrogens with zero attached hydrogens (tertiary/aromatic N) is 4. The van der Waals surface area contributed by atoms with Crippen LogP contribution in [0.1, 0.15) is 5.56 Å². The maximum absolute atomic E-state index is 14.2. The lowest BCUT2D eigenvalue weighted by Crippen LogP contribution is -2.50. The first kappa shape index (κ1) is 20.3. The molecule has 1 amide bonds. The molecule has 1 saturated heterocycles. The normalized spacial score (nSPS) is 14.9. The number of carbonyl (C=O) groups is 1. The first-order chi connectivity index (χ1) is 13.5. The van der Waals surface area contributed by atoms with Gasteiger partial charge in [-0.15, -0.1) is 0 Å². The van der Waals surface area contributed by atoms with Gasteiger partial charge < -0.3 is 15.0 Å². The molecular weight excluding hydrogens is 385 g/mol. The molecule has 1 aromatic heterocycles. The maximum Gasteiger partial charge on any atom is 0.234 e. The molecule has 3 rings (SSSR count). The summed E-state index contributed by atoms with van der Waals surface area (Å²) < 4.78 is 19.1. The number of nitriles is 1. The predicted molar refractivity (Wildman–Crippen MR) is 105 cm³/mol. The summed E-state index contributed by atoms with van der Waals surface area (Å²) in [6.45, 7) is 3.71. The summed E-state index contributed by atoms with van der Waals surface area (Å²) in [5.41, 5.74) is 1.11. The highest BCUT2D eigenvalue weighted by molar-refractivity contribution is 6.36. The molecule has 2 aromatic rings. The number of methoxy groups -OCH3 is 1. The van der Waals surface area contributed by atoms with E-state index in [0.29, 0.717) is 67.5 Å². The van der Waals surface area contributed by atoms with Crippen LogP contribution in [0, 0.1) is 17.1 Å². The van der Waals surface area contributed by atoms with Gasteiger partial charge in [-0.3, -0.25) is 14.7 Å². The fourth-order valence-electron chi connectivity index (χ4n) is 3.31. The monoisotopic (exact) mass is 405 g/mol. The number of hydrogen-bond acceptors (Lipinski definition) is 6. The van der Waals surface area contributed by atoms with Gasteiger partial charge in [-0.25, -0.2) is 4.39 Å². The topological polar surface area (TPSA) is 81.5 Å². The number of rotatable bonds is 6. The van der Waals surface area contributed by atoms with Crippen molar-refractivity contribution < 1.29 is 13.9 Å². The fourth-order valence-corrected chi connectivity index (χ4v) is 3.55. The number of fused-ring (bicyclic) bond motifs is 1. The van der Waals surface area contributed by atoms with E-state index in [1.165, 1.54) is 18.3 Å². The Bertz CT molecular complexity index is 909. The van der Waals surface area contributed by atoms with Crippen LogP contribution in [-0.2, 0) is 9.53 Å². The van der Waals surface area contributed by atoms with E-state index < -0.39 is 5.82 Å². The van der Waals surface area contributed by atoms with Gasteiger partial charge in [0.1, 0.15) is 17.4 Å². The zero-order chi connectivity index (χ0) is 20.1. The summed E-state index contributed by atoms with van der Waals surface area (Å²) in [4.78, 5) is 20.1. The second-order valence-corrected chi connectivity index (χ2v) is 6.90. The number of carbonyl (C=O) groups excluding carboxylic acids is 1. The van der Waals surface area contributed by atoms with Gasteiger partial charge in [-0.1, -0.05) is 11.6 Å². The maximum atomic E-state index is 14.2. The summed E-state index contributed by atoms with van der Waals surface area (Å²) in [6, 6.07) is 4.88. The van der Waals surface area contributed by atoms with Crippen LogP contribution in [0.3, 0.4) is 0 Å². The van der Waals surface area contributed by atoms with Gasteiger partial charge in [0.2, 0.25) is 5.91 Å². The lowest BCUT2D eigenvalue weighted by atomic mass is 10.1. The smallest absolute Gasteiger partial charge is 0.234 e. The number of amides is 1. The highest BCUT2D eigenvalue weighted by Crippen LogP contribution is 2.36. The molecule has 0 aliphatic carbocycles. The van der Waals surface area contributed by atoms with Gasteiger partial charge in [0.05, 0.1) is 29.4 Å². The number of ether oxygens (including phenoxy) is 1. The number of nitrogens with one attached hydrogen (secondary N) is 1. The van der Waals surface area contributed by atoms with Crippen molar-refractivity contribution in [3.63, 3.8) is 0 Å². The van der Waals surface area contributed by atoms with Crippen molar-refractivity contribution in [2.45, 2.75) is 0 Å². The van der Waals surface area contributed by atoms with Crippen LogP contribution in [0.15, 0.2) is 18.3 Å². The van der Waals surface area contributed by atoms with Crippen LogP contribution < -0.4 is 10.2 Å². The molecule has 0 radical (unpaired) electrons. The molecule has 2 heterocycles. The lowest BCUT2D eigenvalue weighted by Gasteiger charge is -2.36. The molecule has 0 saturated carbocycles. The zero-order valence-corrected chi connectivity index (χ0v) is 16.3. The molecule has 1 aromatic carbocycles. The molecular formula is C19H21ClFN5O2. The summed E-state index contributed by atoms with van der Waals surface area (Å²) in [5, 5.41) is 13.1. The highest BCUT2D eigenvalue weighted by atomic mass is 35.5. The van der Waals surface area contributed by atoms with Crippen molar-refractivity contribution in [2.75, 3.05) is 57.9 Å². The predicted octanol–water partition coefficient (Wildman–Crippen LogP) is 1.78. The molecule has 0 bridgehead atoms. The second-order valence-electron chi connectivity index (χ2n) is 6.49. The molecule has 0 atom stereocenters. The average Bonchev–Trinajstić information content (AvgIpc) is 2.71. The van der Waals surface area contributed by atoms with Crippen molar-refractivity contribution in [3.8, 4) is 6.07 Å². The highest BCUT2D eigenvalue weighted by Gasteiger charge is 2.24. The Balaban J connectivity index is 1.76. The van der Waals surface area contributed by atoms with E-state index in [1.54, 1.807) is 7.11 Å². The van der Waals surface area contributed by atoms with Crippen LogP contribution >= 0.6 is 11.6 Å². The van der Waals surface area contributed by atoms with E-state index in [-0.39, 0.29) is 11.4 Å². The third-order valence-corrected chi connectivity index (χ3v) is 5.01. The number of benzene rings is 1. The third-order valence-electron chi connectivity index (χ3n) is 4.70. The minimum Gasteiger partial charge on any atom is -0.383 e. The van der Waals surface area contributed by atoms with Gasteiger partial charge >= 0.3 is 0 Å². The Morgan fingerprint density at radius 1 is 1.39 bits per heavy atom. The lowest BCUT2D eigenvalue weighted by molar-refractivity contribution is -0.122. The zero-order valence-electron chi connectivity index (χ0n) is 15.5. The summed E-state index contributed by atoms with van der Waals surface area (Å²) in [7, 11) is 1.59. The van der Waals surface area contributed by atoms with E-state index >= 15 is 0 Å². The number of piperazine rings is 1. The van der Waals surface area contributed by atoms with Crippen LogP contribution in [0.5, 0.6) is 0 Å². The molecule has 0 unspecified atom stereocenters. The fraction of sp³-hybridized carbons (Fsp3) is 0.421. The van der Waals surface area contributed by atoms with Crippen LogP contribution in [0.4, 0.5) is 10.1 Å². The van der Waals surface area contributed by atoms with Gasteiger partial charge in [0.25, 0.3) is 0 Å². The Kier molecular flexibility index (Phi) is 6.62. The van der Waals surface area contributed by atoms with Crippen LogP contribution in [0.25, 0.3) is 10.9 Å². The van der Waals surface area contributed by atoms with Crippen molar-refractivity contribution in [3.05, 3.63) is 34.7 Å². The van der Waals surface area contributed by atoms with E-state index in [0.717, 1.165) is 0 Å². The van der Waals surface area contributed by atoms with E-state index in [2.05, 4.69) is 16.4 Å². The number of pyridine rings is 1. The minimum absolute atomic E-state index is 0.0531.